The van der Waals surface area contributed by atoms with E-state index in [1.165, 1.54) is 0 Å². The number of morpholine rings is 1. The minimum absolute atomic E-state index is 0.123. The largest absolute Gasteiger partial charge is 0.451 e. The first kappa shape index (κ1) is 17.4. The van der Waals surface area contributed by atoms with E-state index in [2.05, 4.69) is 10.2 Å². The molecule has 3 rings (SSSR count). The minimum Gasteiger partial charge on any atom is -0.451 e. The first-order chi connectivity index (χ1) is 11.6. The summed E-state index contributed by atoms with van der Waals surface area (Å²) in [6.45, 7) is 6.81. The van der Waals surface area contributed by atoms with Crippen LogP contribution in [0.2, 0.25) is 0 Å². The summed E-state index contributed by atoms with van der Waals surface area (Å²) >= 11 is 0. The highest BCUT2D eigenvalue weighted by Crippen LogP contribution is 2.43. The Kier molecular flexibility index (Phi) is 5.56. The molecule has 1 saturated heterocycles. The predicted octanol–water partition coefficient (Wildman–Crippen LogP) is 1.40. The molecule has 0 aromatic heterocycles. The van der Waals surface area contributed by atoms with Crippen LogP contribution in [-0.2, 0) is 19.1 Å². The van der Waals surface area contributed by atoms with E-state index in [0.717, 1.165) is 71.4 Å². The number of esters is 1. The summed E-state index contributed by atoms with van der Waals surface area (Å²) in [5, 5.41) is 3.00. The van der Waals surface area contributed by atoms with Crippen molar-refractivity contribution in [1.82, 2.24) is 10.2 Å². The van der Waals surface area contributed by atoms with Gasteiger partial charge in [0.1, 0.15) is 5.60 Å². The average Bonchev–Trinajstić information content (AvgIpc) is 2.83. The van der Waals surface area contributed by atoms with Crippen LogP contribution in [0, 0.1) is 0 Å². The molecule has 1 amide bonds. The van der Waals surface area contributed by atoms with Crippen LogP contribution in [0.25, 0.3) is 0 Å². The Balaban J connectivity index is 1.53. The SMILES string of the molecule is CC1=C(C(=O)NCCCN2CCOCC2)C2(CCCCC2)OC1=O. The molecule has 2 aliphatic heterocycles. The van der Waals surface area contributed by atoms with Crippen LogP contribution in [-0.4, -0.2) is 61.8 Å². The van der Waals surface area contributed by atoms with Gasteiger partial charge >= 0.3 is 5.97 Å². The Bertz CT molecular complexity index is 517. The highest BCUT2D eigenvalue weighted by Gasteiger charge is 2.49. The van der Waals surface area contributed by atoms with Crippen molar-refractivity contribution in [2.45, 2.75) is 51.0 Å². The zero-order valence-corrected chi connectivity index (χ0v) is 14.6. The number of hydrogen-bond acceptors (Lipinski definition) is 5. The molecule has 0 aromatic carbocycles. The lowest BCUT2D eigenvalue weighted by atomic mass is 9.78. The van der Waals surface area contributed by atoms with Gasteiger partial charge in [0.2, 0.25) is 0 Å². The molecule has 24 heavy (non-hydrogen) atoms. The summed E-state index contributed by atoms with van der Waals surface area (Å²) in [6.07, 6.45) is 5.61. The second-order valence-electron chi connectivity index (χ2n) is 7.01. The standard InChI is InChI=1S/C18H28N2O4/c1-14-15(18(24-17(14)22)6-3-2-4-7-18)16(21)19-8-5-9-20-10-12-23-13-11-20/h2-13H2,1H3,(H,19,21). The molecule has 0 unspecified atom stereocenters. The van der Waals surface area contributed by atoms with Crippen LogP contribution in [0.1, 0.15) is 45.4 Å². The maximum absolute atomic E-state index is 12.7. The zero-order chi connectivity index (χ0) is 17.0. The topological polar surface area (TPSA) is 67.9 Å². The monoisotopic (exact) mass is 336 g/mol. The van der Waals surface area contributed by atoms with Gasteiger partial charge in [-0.3, -0.25) is 9.69 Å². The van der Waals surface area contributed by atoms with Gasteiger partial charge in [0.25, 0.3) is 5.91 Å². The first-order valence-electron chi connectivity index (χ1n) is 9.15. The van der Waals surface area contributed by atoms with Crippen molar-refractivity contribution in [3.05, 3.63) is 11.1 Å². The Morgan fingerprint density at radius 2 is 1.92 bits per heavy atom. The Morgan fingerprint density at radius 3 is 2.62 bits per heavy atom. The number of nitrogens with one attached hydrogen (secondary N) is 1. The van der Waals surface area contributed by atoms with Crippen LogP contribution in [0.4, 0.5) is 0 Å². The summed E-state index contributed by atoms with van der Waals surface area (Å²) < 4.78 is 11.0. The van der Waals surface area contributed by atoms with Crippen molar-refractivity contribution in [2.24, 2.45) is 0 Å². The molecule has 3 aliphatic rings. The minimum atomic E-state index is -0.659. The Morgan fingerprint density at radius 1 is 1.21 bits per heavy atom. The van der Waals surface area contributed by atoms with E-state index in [1.54, 1.807) is 6.92 Å². The van der Waals surface area contributed by atoms with Crippen molar-refractivity contribution in [3.63, 3.8) is 0 Å². The van der Waals surface area contributed by atoms with Gasteiger partial charge in [-0.25, -0.2) is 4.79 Å². The van der Waals surface area contributed by atoms with Gasteiger partial charge in [0.15, 0.2) is 0 Å². The normalized spacial score (nSPS) is 24.3. The van der Waals surface area contributed by atoms with Gasteiger partial charge in [0.05, 0.1) is 18.8 Å². The lowest BCUT2D eigenvalue weighted by Crippen LogP contribution is -2.42. The summed E-state index contributed by atoms with van der Waals surface area (Å²) in [7, 11) is 0. The lowest BCUT2D eigenvalue weighted by Gasteiger charge is -2.34. The van der Waals surface area contributed by atoms with Crippen molar-refractivity contribution in [2.75, 3.05) is 39.4 Å². The molecule has 0 aromatic rings. The van der Waals surface area contributed by atoms with Gasteiger partial charge in [-0.2, -0.15) is 0 Å². The maximum atomic E-state index is 12.7. The highest BCUT2D eigenvalue weighted by atomic mass is 16.6. The number of nitrogens with zero attached hydrogens (tertiary/aromatic N) is 1. The molecular formula is C18H28N2O4. The quantitative estimate of drug-likeness (QED) is 0.607. The first-order valence-corrected chi connectivity index (χ1v) is 9.15. The molecule has 0 atom stereocenters. The molecular weight excluding hydrogens is 308 g/mol. The van der Waals surface area contributed by atoms with E-state index in [4.69, 9.17) is 9.47 Å². The van der Waals surface area contributed by atoms with Crippen LogP contribution in [0.3, 0.4) is 0 Å². The number of rotatable bonds is 5. The van der Waals surface area contributed by atoms with Crippen LogP contribution in [0.5, 0.6) is 0 Å². The smallest absolute Gasteiger partial charge is 0.335 e. The molecule has 1 spiro atoms. The third-order valence-corrected chi connectivity index (χ3v) is 5.35. The fourth-order valence-electron chi connectivity index (χ4n) is 4.02. The molecule has 0 radical (unpaired) electrons. The van der Waals surface area contributed by atoms with Gasteiger partial charge in [-0.1, -0.05) is 6.42 Å². The van der Waals surface area contributed by atoms with Gasteiger partial charge in [-0.05, 0) is 45.6 Å². The van der Waals surface area contributed by atoms with Crippen molar-refractivity contribution in [1.29, 1.82) is 0 Å². The lowest BCUT2D eigenvalue weighted by molar-refractivity contribution is -0.149. The number of carbonyl (C=O) groups excluding carboxylic acids is 2. The summed E-state index contributed by atoms with van der Waals surface area (Å²) in [5.74, 6) is -0.447. The van der Waals surface area contributed by atoms with Crippen LogP contribution >= 0.6 is 0 Å². The molecule has 134 valence electrons. The molecule has 1 aliphatic carbocycles. The molecule has 2 heterocycles. The average molecular weight is 336 g/mol. The summed E-state index contributed by atoms with van der Waals surface area (Å²) in [5.41, 5.74) is 0.411. The maximum Gasteiger partial charge on any atom is 0.335 e. The number of carbonyl (C=O) groups is 2. The van der Waals surface area contributed by atoms with Gasteiger partial charge in [0, 0.05) is 25.2 Å². The molecule has 6 nitrogen and oxygen atoms in total. The zero-order valence-electron chi connectivity index (χ0n) is 14.6. The van der Waals surface area contributed by atoms with Crippen LogP contribution in [0.15, 0.2) is 11.1 Å². The van der Waals surface area contributed by atoms with E-state index >= 15 is 0 Å². The molecule has 6 heteroatoms. The van der Waals surface area contributed by atoms with E-state index in [1.807, 2.05) is 0 Å². The highest BCUT2D eigenvalue weighted by molar-refractivity contribution is 6.07. The van der Waals surface area contributed by atoms with Crippen LogP contribution < -0.4 is 5.32 Å². The Hall–Kier alpha value is -1.40. The second kappa shape index (κ2) is 7.66. The van der Waals surface area contributed by atoms with Crippen molar-refractivity contribution < 1.29 is 19.1 Å². The predicted molar refractivity (Wildman–Crippen MR) is 89.5 cm³/mol. The fourth-order valence-corrected chi connectivity index (χ4v) is 4.02. The van der Waals surface area contributed by atoms with Gasteiger partial charge in [-0.15, -0.1) is 0 Å². The fraction of sp³-hybridized carbons (Fsp3) is 0.778. The third-order valence-electron chi connectivity index (χ3n) is 5.35. The second-order valence-corrected chi connectivity index (χ2v) is 7.01. The van der Waals surface area contributed by atoms with E-state index < -0.39 is 5.60 Å². The number of ether oxygens (including phenoxy) is 2. The van der Waals surface area contributed by atoms with E-state index in [-0.39, 0.29) is 11.9 Å². The molecule has 2 fully saturated rings. The third kappa shape index (κ3) is 3.64. The summed E-state index contributed by atoms with van der Waals surface area (Å²) in [4.78, 5) is 27.1. The van der Waals surface area contributed by atoms with E-state index in [9.17, 15) is 9.59 Å². The number of amides is 1. The molecule has 0 bridgehead atoms. The molecule has 1 saturated carbocycles. The van der Waals surface area contributed by atoms with E-state index in [0.29, 0.717) is 17.7 Å². The molecule has 1 N–H and O–H groups in total. The Labute approximate surface area is 143 Å². The van der Waals surface area contributed by atoms with Crippen molar-refractivity contribution >= 4 is 11.9 Å². The number of hydrogen-bond donors (Lipinski definition) is 1. The van der Waals surface area contributed by atoms with Gasteiger partial charge < -0.3 is 14.8 Å². The van der Waals surface area contributed by atoms with Crippen molar-refractivity contribution in [3.8, 4) is 0 Å². The summed E-state index contributed by atoms with van der Waals surface area (Å²) in [6, 6.07) is 0.